The van der Waals surface area contributed by atoms with Gasteiger partial charge in [0.05, 0.1) is 24.3 Å². The number of rotatable bonds is 8. The van der Waals surface area contributed by atoms with Crippen molar-refractivity contribution in [1.29, 1.82) is 0 Å². The van der Waals surface area contributed by atoms with E-state index >= 15 is 0 Å². The molecule has 1 amide bonds. The number of benzene rings is 1. The number of alkyl halides is 3. The number of nitrogens with two attached hydrogens (primary N) is 1. The van der Waals surface area contributed by atoms with Gasteiger partial charge in [-0.1, -0.05) is 18.2 Å². The predicted molar refractivity (Wildman–Crippen MR) is 127 cm³/mol. The third kappa shape index (κ3) is 6.41. The molecule has 2 heterocycles. The summed E-state index contributed by atoms with van der Waals surface area (Å²) < 4.78 is 83.1. The quantitative estimate of drug-likeness (QED) is 0.417. The number of aromatic nitrogens is 2. The number of pyridine rings is 2. The zero-order chi connectivity index (χ0) is 27.5. The predicted octanol–water partition coefficient (Wildman–Crippen LogP) is 3.73. The lowest BCUT2D eigenvalue weighted by atomic mass is 9.98. The summed E-state index contributed by atoms with van der Waals surface area (Å²) in [6.45, 7) is 1.30. The first-order valence-corrected chi connectivity index (χ1v) is 12.8. The Hall–Kier alpha value is -3.58. The van der Waals surface area contributed by atoms with E-state index in [2.05, 4.69) is 15.3 Å². The van der Waals surface area contributed by atoms with Crippen LogP contribution in [0.3, 0.4) is 0 Å². The van der Waals surface area contributed by atoms with Crippen LogP contribution in [-0.2, 0) is 27.4 Å². The van der Waals surface area contributed by atoms with E-state index in [-0.39, 0.29) is 40.2 Å². The van der Waals surface area contributed by atoms with Crippen molar-refractivity contribution in [3.63, 3.8) is 0 Å². The highest BCUT2D eigenvalue weighted by atomic mass is 32.2. The number of nitrogens with one attached hydrogen (secondary N) is 1. The average Bonchev–Trinajstić information content (AvgIpc) is 2.85. The number of carbonyl (C=O) groups is 1. The molecule has 3 aromatic rings. The summed E-state index contributed by atoms with van der Waals surface area (Å²) in [6, 6.07) is 7.08. The van der Waals surface area contributed by atoms with E-state index in [1.807, 2.05) is 0 Å². The fraction of sp³-hybridized carbons (Fsp3) is 0.292. The molecular weight excluding hydrogens is 516 g/mol. The lowest BCUT2D eigenvalue weighted by Crippen LogP contribution is -2.28. The molecule has 13 heteroatoms. The summed E-state index contributed by atoms with van der Waals surface area (Å²) in [5, 5.41) is 1.06. The molecule has 2 atom stereocenters. The Bertz CT molecular complexity index is 1410. The molecule has 0 aliphatic rings. The molecule has 2 aromatic heterocycles. The third-order valence-electron chi connectivity index (χ3n) is 5.66. The van der Waals surface area contributed by atoms with Crippen LogP contribution in [-0.4, -0.2) is 37.7 Å². The molecule has 198 valence electrons. The first-order chi connectivity index (χ1) is 17.2. The van der Waals surface area contributed by atoms with Crippen LogP contribution in [0.15, 0.2) is 48.8 Å². The van der Waals surface area contributed by atoms with Crippen LogP contribution >= 0.6 is 0 Å². The van der Waals surface area contributed by atoms with Crippen LogP contribution in [0.2, 0.25) is 0 Å². The van der Waals surface area contributed by atoms with Crippen LogP contribution in [0.25, 0.3) is 11.3 Å². The SMILES string of the molecule is COc1ccncc1-c1nc(C(F)(F)F)ccc1CNC(=O)C(C)c1ccc(C(N)S(C)(=O)=O)c(F)c1. The molecule has 3 N–H and O–H groups in total. The van der Waals surface area contributed by atoms with E-state index < -0.39 is 44.7 Å². The molecule has 0 saturated carbocycles. The zero-order valence-electron chi connectivity index (χ0n) is 20.0. The molecule has 0 saturated heterocycles. The van der Waals surface area contributed by atoms with Crippen LogP contribution in [0, 0.1) is 5.82 Å². The topological polar surface area (TPSA) is 124 Å². The molecule has 0 spiro atoms. The van der Waals surface area contributed by atoms with Gasteiger partial charge in [0.25, 0.3) is 0 Å². The van der Waals surface area contributed by atoms with Gasteiger partial charge in [0.15, 0.2) is 9.84 Å². The van der Waals surface area contributed by atoms with E-state index in [9.17, 15) is 30.8 Å². The van der Waals surface area contributed by atoms with Gasteiger partial charge in [-0.25, -0.2) is 17.8 Å². The van der Waals surface area contributed by atoms with Gasteiger partial charge in [0.2, 0.25) is 5.91 Å². The fourth-order valence-electron chi connectivity index (χ4n) is 3.52. The highest BCUT2D eigenvalue weighted by Crippen LogP contribution is 2.34. The molecule has 1 aromatic carbocycles. The fourth-order valence-corrected chi connectivity index (χ4v) is 4.17. The van der Waals surface area contributed by atoms with Gasteiger partial charge < -0.3 is 15.8 Å². The second-order valence-corrected chi connectivity index (χ2v) is 10.4. The van der Waals surface area contributed by atoms with Crippen molar-refractivity contribution in [1.82, 2.24) is 15.3 Å². The summed E-state index contributed by atoms with van der Waals surface area (Å²) in [4.78, 5) is 20.5. The molecule has 2 unspecified atom stereocenters. The number of hydrogen-bond acceptors (Lipinski definition) is 7. The maximum absolute atomic E-state index is 14.6. The van der Waals surface area contributed by atoms with Gasteiger partial charge in [0.1, 0.15) is 22.6 Å². The number of halogens is 4. The first kappa shape index (κ1) is 28.0. The maximum atomic E-state index is 14.6. The minimum Gasteiger partial charge on any atom is -0.496 e. The van der Waals surface area contributed by atoms with Crippen molar-refractivity contribution in [2.45, 2.75) is 30.9 Å². The lowest BCUT2D eigenvalue weighted by molar-refractivity contribution is -0.141. The summed E-state index contributed by atoms with van der Waals surface area (Å²) in [7, 11) is -2.39. The summed E-state index contributed by atoms with van der Waals surface area (Å²) in [5.74, 6) is -2.07. The molecule has 0 radical (unpaired) electrons. The highest BCUT2D eigenvalue weighted by molar-refractivity contribution is 7.90. The third-order valence-corrected chi connectivity index (χ3v) is 6.84. The highest BCUT2D eigenvalue weighted by Gasteiger charge is 2.33. The van der Waals surface area contributed by atoms with E-state index in [0.717, 1.165) is 18.4 Å². The van der Waals surface area contributed by atoms with Gasteiger partial charge in [-0.3, -0.25) is 9.78 Å². The van der Waals surface area contributed by atoms with Crippen molar-refractivity contribution >= 4 is 15.7 Å². The molecule has 37 heavy (non-hydrogen) atoms. The Balaban J connectivity index is 1.86. The monoisotopic (exact) mass is 540 g/mol. The van der Waals surface area contributed by atoms with Crippen LogP contribution in [0.4, 0.5) is 17.6 Å². The van der Waals surface area contributed by atoms with Gasteiger partial charge >= 0.3 is 6.18 Å². The molecular formula is C24H24F4N4O4S. The molecule has 0 fully saturated rings. The van der Waals surface area contributed by atoms with Crippen molar-refractivity contribution in [3.05, 3.63) is 77.0 Å². The Morgan fingerprint density at radius 1 is 1.19 bits per heavy atom. The summed E-state index contributed by atoms with van der Waals surface area (Å²) in [5.41, 5.74) is 4.88. The largest absolute Gasteiger partial charge is 0.496 e. The van der Waals surface area contributed by atoms with E-state index in [1.54, 1.807) is 0 Å². The van der Waals surface area contributed by atoms with Crippen LogP contribution in [0.5, 0.6) is 5.75 Å². The minimum atomic E-state index is -4.70. The smallest absolute Gasteiger partial charge is 0.433 e. The molecule has 8 nitrogen and oxygen atoms in total. The Labute approximate surface area is 210 Å². The maximum Gasteiger partial charge on any atom is 0.433 e. The molecule has 3 rings (SSSR count). The standard InChI is InChI=1S/C24H24F4N4O4S/c1-13(14-4-6-16(18(25)10-14)22(29)37(3,34)35)23(33)31-11-15-5-7-20(24(26,27)28)32-21(15)17-12-30-9-8-19(17)36-2/h4-10,12-13,22H,11,29H2,1-3H3,(H,31,33). The number of sulfone groups is 1. The number of nitrogens with zero attached hydrogens (tertiary/aromatic N) is 2. The molecule has 0 aliphatic carbocycles. The Morgan fingerprint density at radius 3 is 2.49 bits per heavy atom. The number of amides is 1. The van der Waals surface area contributed by atoms with Crippen molar-refractivity contribution < 1.29 is 35.5 Å². The second-order valence-electron chi connectivity index (χ2n) is 8.25. The molecule has 0 aliphatic heterocycles. The second kappa shape index (κ2) is 10.8. The van der Waals surface area contributed by atoms with Crippen LogP contribution < -0.4 is 15.8 Å². The van der Waals surface area contributed by atoms with Crippen molar-refractivity contribution in [2.75, 3.05) is 13.4 Å². The van der Waals surface area contributed by atoms with Gasteiger partial charge in [0, 0.05) is 30.8 Å². The number of hydrogen-bond donors (Lipinski definition) is 2. The van der Waals surface area contributed by atoms with Gasteiger partial charge in [-0.05, 0) is 36.2 Å². The summed E-state index contributed by atoms with van der Waals surface area (Å²) >= 11 is 0. The van der Waals surface area contributed by atoms with Crippen LogP contribution in [0.1, 0.15) is 40.6 Å². The lowest BCUT2D eigenvalue weighted by Gasteiger charge is -2.17. The number of ether oxygens (including phenoxy) is 1. The van der Waals surface area contributed by atoms with Gasteiger partial charge in [-0.15, -0.1) is 0 Å². The Kier molecular flexibility index (Phi) is 8.18. The summed E-state index contributed by atoms with van der Waals surface area (Å²) in [6.07, 6.45) is -1.10. The first-order valence-electron chi connectivity index (χ1n) is 10.8. The van der Waals surface area contributed by atoms with E-state index in [0.29, 0.717) is 0 Å². The number of carbonyl (C=O) groups excluding carboxylic acids is 1. The minimum absolute atomic E-state index is 0.0714. The van der Waals surface area contributed by atoms with Crippen molar-refractivity contribution in [2.24, 2.45) is 5.73 Å². The van der Waals surface area contributed by atoms with E-state index in [1.165, 1.54) is 50.7 Å². The number of methoxy groups -OCH3 is 1. The van der Waals surface area contributed by atoms with Gasteiger partial charge in [-0.2, -0.15) is 13.2 Å². The van der Waals surface area contributed by atoms with E-state index in [4.69, 9.17) is 10.5 Å². The molecule has 0 bridgehead atoms. The average molecular weight is 541 g/mol. The van der Waals surface area contributed by atoms with Crippen molar-refractivity contribution in [3.8, 4) is 17.0 Å². The zero-order valence-corrected chi connectivity index (χ0v) is 20.8. The Morgan fingerprint density at radius 2 is 1.89 bits per heavy atom. The normalized spacial score (nSPS) is 13.6.